The number of ether oxygens (including phenoxy) is 3. The number of aromatic amines is 2. The average molecular weight is 749 g/mol. The first-order valence-electron chi connectivity index (χ1n) is 17.2. The van der Waals surface area contributed by atoms with Crippen LogP contribution in [0.4, 0.5) is 13.2 Å². The predicted molar refractivity (Wildman–Crippen MR) is 191 cm³/mol. The highest BCUT2D eigenvalue weighted by Gasteiger charge is 2.64. The molecule has 8 rings (SSSR count). The number of hydrogen-bond acceptors (Lipinski definition) is 9. The summed E-state index contributed by atoms with van der Waals surface area (Å²) in [6.07, 6.45) is -5.86. The molecule has 6 aromatic rings. The van der Waals surface area contributed by atoms with Crippen molar-refractivity contribution in [3.8, 4) is 45.5 Å². The number of halogens is 3. The van der Waals surface area contributed by atoms with Crippen LogP contribution in [0.25, 0.3) is 22.5 Å². The summed E-state index contributed by atoms with van der Waals surface area (Å²) in [7, 11) is 0. The zero-order valence-corrected chi connectivity index (χ0v) is 28.8. The summed E-state index contributed by atoms with van der Waals surface area (Å²) in [6, 6.07) is 35.3. The van der Waals surface area contributed by atoms with Crippen LogP contribution in [-0.2, 0) is 9.53 Å². The Balaban J connectivity index is 1.06. The Labute approximate surface area is 311 Å². The molecule has 2 bridgehead atoms. The molecule has 1 amide bonds. The summed E-state index contributed by atoms with van der Waals surface area (Å²) in [5.41, 5.74) is -1.83. The first-order chi connectivity index (χ1) is 26.5. The molecule has 0 radical (unpaired) electrons. The van der Waals surface area contributed by atoms with Crippen LogP contribution in [-0.4, -0.2) is 73.5 Å². The second kappa shape index (κ2) is 13.9. The number of nitrogens with one attached hydrogen (secondary N) is 3. The lowest BCUT2D eigenvalue weighted by Gasteiger charge is -2.44. The molecule has 4 aromatic carbocycles. The standard InChI is InChI=1S/C40H31F3N6O6/c41-40(42,43)37(52)55-39-23-38(44-24-39,35(50)31-21-29(45-47-31)27-15-7-9-17-33(27)53-25-11-3-1-4-12-25)19-20-49(39)36(51)32-22-30(46-48-32)28-16-8-10-18-34(28)54-26-13-5-2-6-14-26/h1-18,21-22,44H,19-20,23-24H2,(H,45,47)(H,46,48). The van der Waals surface area contributed by atoms with Crippen molar-refractivity contribution < 1.29 is 41.8 Å². The van der Waals surface area contributed by atoms with Crippen LogP contribution in [0, 0.1) is 0 Å². The number of fused-ring (bicyclic) bond motifs is 2. The van der Waals surface area contributed by atoms with E-state index in [4.69, 9.17) is 14.2 Å². The summed E-state index contributed by atoms with van der Waals surface area (Å²) >= 11 is 0. The fourth-order valence-electron chi connectivity index (χ4n) is 7.01. The first-order valence-corrected chi connectivity index (χ1v) is 17.2. The number of carbonyl (C=O) groups is 3. The molecule has 2 unspecified atom stereocenters. The number of para-hydroxylation sites is 4. The molecular formula is C40H31F3N6O6. The third kappa shape index (κ3) is 6.81. The number of benzene rings is 4. The summed E-state index contributed by atoms with van der Waals surface area (Å²) in [5, 5.41) is 17.1. The van der Waals surface area contributed by atoms with Gasteiger partial charge in [0.1, 0.15) is 28.7 Å². The van der Waals surface area contributed by atoms with Gasteiger partial charge in [-0.05, 0) is 67.1 Å². The summed E-state index contributed by atoms with van der Waals surface area (Å²) < 4.78 is 58.3. The van der Waals surface area contributed by atoms with Crippen LogP contribution in [0.15, 0.2) is 121 Å². The molecule has 2 saturated heterocycles. The number of alkyl halides is 3. The normalized spacial score (nSPS) is 19.1. The Morgan fingerprint density at radius 1 is 0.691 bits per heavy atom. The maximum Gasteiger partial charge on any atom is 0.491 e. The maximum absolute atomic E-state index is 14.2. The Bertz CT molecular complexity index is 2380. The fourth-order valence-corrected chi connectivity index (χ4v) is 7.01. The van der Waals surface area contributed by atoms with Crippen molar-refractivity contribution in [1.82, 2.24) is 30.6 Å². The molecular weight excluding hydrogens is 717 g/mol. The predicted octanol–water partition coefficient (Wildman–Crippen LogP) is 7.31. The van der Waals surface area contributed by atoms with Gasteiger partial charge in [-0.25, -0.2) is 4.79 Å². The van der Waals surface area contributed by atoms with E-state index in [0.717, 1.165) is 4.90 Å². The van der Waals surface area contributed by atoms with E-state index in [1.54, 1.807) is 72.8 Å². The number of amides is 1. The number of Topliss-reactive ketones (excluding diaryl/α,β-unsaturated/α-hetero) is 1. The van der Waals surface area contributed by atoms with Gasteiger partial charge in [-0.2, -0.15) is 23.4 Å². The Morgan fingerprint density at radius 3 is 1.76 bits per heavy atom. The molecule has 0 saturated carbocycles. The molecule has 2 aromatic heterocycles. The van der Waals surface area contributed by atoms with E-state index >= 15 is 0 Å². The van der Waals surface area contributed by atoms with Gasteiger partial charge in [-0.1, -0.05) is 60.7 Å². The van der Waals surface area contributed by atoms with Gasteiger partial charge in [0.15, 0.2) is 5.69 Å². The Kier molecular flexibility index (Phi) is 8.93. The number of esters is 1. The molecule has 15 heteroatoms. The van der Waals surface area contributed by atoms with Crippen LogP contribution >= 0.6 is 0 Å². The highest BCUT2D eigenvalue weighted by Crippen LogP contribution is 2.45. The largest absolute Gasteiger partial charge is 0.491 e. The van der Waals surface area contributed by atoms with Crippen LogP contribution in [0.3, 0.4) is 0 Å². The van der Waals surface area contributed by atoms with Crippen LogP contribution < -0.4 is 14.8 Å². The highest BCUT2D eigenvalue weighted by atomic mass is 19.4. The maximum atomic E-state index is 14.2. The van der Waals surface area contributed by atoms with Crippen LogP contribution in [0.1, 0.15) is 33.8 Å². The summed E-state index contributed by atoms with van der Waals surface area (Å²) in [4.78, 5) is 41.8. The quantitative estimate of drug-likeness (QED) is 0.0968. The van der Waals surface area contributed by atoms with Crippen LogP contribution in [0.2, 0.25) is 0 Å². The number of nitrogens with zero attached hydrogens (tertiary/aromatic N) is 3. The number of carbonyl (C=O) groups excluding carboxylic acids is 3. The second-order valence-corrected chi connectivity index (χ2v) is 13.1. The second-order valence-electron chi connectivity index (χ2n) is 13.1. The number of H-pyrrole nitrogens is 2. The van der Waals surface area contributed by atoms with Gasteiger partial charge in [0.2, 0.25) is 11.5 Å². The first kappa shape index (κ1) is 35.3. The molecule has 0 aliphatic carbocycles. The molecule has 12 nitrogen and oxygen atoms in total. The minimum Gasteiger partial charge on any atom is -0.457 e. The lowest BCUT2D eigenvalue weighted by atomic mass is 9.81. The van der Waals surface area contributed by atoms with E-state index in [9.17, 15) is 27.6 Å². The smallest absolute Gasteiger partial charge is 0.457 e. The molecule has 2 aliphatic rings. The van der Waals surface area contributed by atoms with Gasteiger partial charge in [0, 0.05) is 24.1 Å². The van der Waals surface area contributed by atoms with E-state index in [1.807, 2.05) is 36.4 Å². The summed E-state index contributed by atoms with van der Waals surface area (Å²) in [5.74, 6) is -1.73. The van der Waals surface area contributed by atoms with Crippen molar-refractivity contribution in [3.63, 3.8) is 0 Å². The fraction of sp³-hybridized carbons (Fsp3) is 0.175. The number of likely N-dealkylation sites (tertiary alicyclic amines) is 1. The van der Waals surface area contributed by atoms with Crippen molar-refractivity contribution in [2.75, 3.05) is 13.1 Å². The van der Waals surface area contributed by atoms with Gasteiger partial charge in [-0.3, -0.25) is 30.0 Å². The van der Waals surface area contributed by atoms with Gasteiger partial charge >= 0.3 is 12.1 Å². The zero-order chi connectivity index (χ0) is 38.2. The van der Waals surface area contributed by atoms with Crippen molar-refractivity contribution in [3.05, 3.63) is 133 Å². The van der Waals surface area contributed by atoms with E-state index < -0.39 is 48.1 Å². The van der Waals surface area contributed by atoms with Gasteiger partial charge in [-0.15, -0.1) is 0 Å². The van der Waals surface area contributed by atoms with E-state index in [-0.39, 0.29) is 24.4 Å². The molecule has 0 spiro atoms. The third-order valence-corrected chi connectivity index (χ3v) is 9.63. The SMILES string of the molecule is O=C(c1cc(-c2ccccc2Oc2ccccc2)[nH]n1)N1CCC2(C(=O)c3cc(-c4ccccc4Oc4ccccc4)[nH]n3)CC1(OC(=O)C(F)(F)F)CN2. The minimum atomic E-state index is -5.37. The van der Waals surface area contributed by atoms with Crippen molar-refractivity contribution in [2.24, 2.45) is 0 Å². The molecule has 2 fully saturated rings. The van der Waals surface area contributed by atoms with Gasteiger partial charge < -0.3 is 14.2 Å². The zero-order valence-electron chi connectivity index (χ0n) is 28.8. The third-order valence-electron chi connectivity index (χ3n) is 9.63. The molecule has 4 heterocycles. The lowest BCUT2D eigenvalue weighted by Crippen LogP contribution is -2.61. The topological polar surface area (TPSA) is 152 Å². The number of ketones is 1. The molecule has 3 N–H and O–H groups in total. The van der Waals surface area contributed by atoms with Gasteiger partial charge in [0.25, 0.3) is 5.91 Å². The average Bonchev–Trinajstić information content (AvgIpc) is 3.95. The van der Waals surface area contributed by atoms with Crippen LogP contribution in [0.5, 0.6) is 23.0 Å². The molecule has 2 aliphatic heterocycles. The minimum absolute atomic E-state index is 0.0110. The van der Waals surface area contributed by atoms with E-state index in [0.29, 0.717) is 45.5 Å². The van der Waals surface area contributed by atoms with Crippen molar-refractivity contribution >= 4 is 17.7 Å². The Hall–Kier alpha value is -6.74. The molecule has 55 heavy (non-hydrogen) atoms. The number of piperidine rings is 1. The van der Waals surface area contributed by atoms with Crippen molar-refractivity contribution in [2.45, 2.75) is 30.3 Å². The monoisotopic (exact) mass is 748 g/mol. The Morgan fingerprint density at radius 2 is 1.20 bits per heavy atom. The van der Waals surface area contributed by atoms with E-state index in [1.165, 1.54) is 12.1 Å². The molecule has 2 atom stereocenters. The number of aromatic nitrogens is 4. The van der Waals surface area contributed by atoms with Gasteiger partial charge in [0.05, 0.1) is 23.5 Å². The number of hydrogen-bond donors (Lipinski definition) is 3. The van der Waals surface area contributed by atoms with E-state index in [2.05, 4.69) is 25.7 Å². The lowest BCUT2D eigenvalue weighted by molar-refractivity contribution is -0.227. The molecule has 278 valence electrons. The van der Waals surface area contributed by atoms with Crippen molar-refractivity contribution in [1.29, 1.82) is 0 Å². The highest BCUT2D eigenvalue weighted by molar-refractivity contribution is 6.04. The number of rotatable bonds is 10. The summed E-state index contributed by atoms with van der Waals surface area (Å²) in [6.45, 7) is -0.702.